The summed E-state index contributed by atoms with van der Waals surface area (Å²) in [5.41, 5.74) is 0.666. The maximum atomic E-state index is 14.1. The number of benzene rings is 2. The van der Waals surface area contributed by atoms with Crippen LogP contribution in [0.15, 0.2) is 30.3 Å². The normalized spacial score (nSPS) is 23.2. The number of hydrogen-bond acceptors (Lipinski definition) is 4. The average molecular weight is 488 g/mol. The molecule has 5 rings (SSSR count). The van der Waals surface area contributed by atoms with Gasteiger partial charge in [0.15, 0.2) is 5.11 Å². The number of carbonyl (C=O) groups is 2. The molecule has 2 aromatic carbocycles. The molecule has 11 heteroatoms. The van der Waals surface area contributed by atoms with Crippen molar-refractivity contribution in [2.75, 3.05) is 16.8 Å². The minimum Gasteiger partial charge on any atom is -0.341 e. The van der Waals surface area contributed by atoms with Gasteiger partial charge >= 0.3 is 6.03 Å². The third kappa shape index (κ3) is 3.07. The number of amides is 3. The molecular formula is C22H16ClF2N5O2S. The van der Waals surface area contributed by atoms with Gasteiger partial charge in [0, 0.05) is 6.54 Å². The molecule has 3 saturated heterocycles. The summed E-state index contributed by atoms with van der Waals surface area (Å²) in [5.74, 6) is -1.99. The number of nitrogens with one attached hydrogen (secondary N) is 1. The second-order valence-corrected chi connectivity index (χ2v) is 8.89. The van der Waals surface area contributed by atoms with Gasteiger partial charge in [-0.25, -0.2) is 18.5 Å². The van der Waals surface area contributed by atoms with E-state index in [1.165, 1.54) is 18.2 Å². The van der Waals surface area contributed by atoms with E-state index in [0.29, 0.717) is 24.2 Å². The number of nitriles is 1. The van der Waals surface area contributed by atoms with Gasteiger partial charge in [0.1, 0.15) is 29.4 Å². The Bertz CT molecular complexity index is 1260. The van der Waals surface area contributed by atoms with Gasteiger partial charge in [0.2, 0.25) is 0 Å². The van der Waals surface area contributed by atoms with Gasteiger partial charge in [0.05, 0.1) is 28.4 Å². The van der Waals surface area contributed by atoms with Crippen molar-refractivity contribution in [2.45, 2.75) is 31.5 Å². The summed E-state index contributed by atoms with van der Waals surface area (Å²) < 4.78 is 28.1. The number of para-hydroxylation sites is 1. The van der Waals surface area contributed by atoms with Crippen LogP contribution in [0.3, 0.4) is 0 Å². The number of urea groups is 1. The van der Waals surface area contributed by atoms with Gasteiger partial charge in [-0.3, -0.25) is 4.79 Å². The molecule has 3 atom stereocenters. The Labute approximate surface area is 198 Å². The van der Waals surface area contributed by atoms with Gasteiger partial charge in [-0.2, -0.15) is 5.26 Å². The summed E-state index contributed by atoms with van der Waals surface area (Å²) >= 11 is 11.7. The van der Waals surface area contributed by atoms with E-state index in [4.69, 9.17) is 23.8 Å². The topological polar surface area (TPSA) is 79.7 Å². The molecule has 7 nitrogen and oxygen atoms in total. The molecule has 0 spiro atoms. The molecule has 3 amide bonds. The number of fused-ring (bicyclic) bond motifs is 5. The van der Waals surface area contributed by atoms with Crippen LogP contribution in [0, 0.1) is 29.9 Å². The Hall–Kier alpha value is -3.29. The maximum Gasteiger partial charge on any atom is 0.332 e. The highest BCUT2D eigenvalue weighted by atomic mass is 35.5. The van der Waals surface area contributed by atoms with Crippen LogP contribution in [0.25, 0.3) is 0 Å². The summed E-state index contributed by atoms with van der Waals surface area (Å²) in [6.07, 6.45) is 0.519. The van der Waals surface area contributed by atoms with E-state index in [1.807, 2.05) is 6.07 Å². The Morgan fingerprint density at radius 3 is 2.61 bits per heavy atom. The number of nitrogens with zero attached hydrogens (tertiary/aromatic N) is 4. The van der Waals surface area contributed by atoms with Gasteiger partial charge in [-0.05, 0) is 55.4 Å². The minimum atomic E-state index is -0.783. The molecule has 33 heavy (non-hydrogen) atoms. The molecule has 0 radical (unpaired) electrons. The van der Waals surface area contributed by atoms with Crippen molar-refractivity contribution in [2.24, 2.45) is 0 Å². The highest BCUT2D eigenvalue weighted by Gasteiger charge is 2.62. The zero-order valence-electron chi connectivity index (χ0n) is 17.2. The lowest BCUT2D eigenvalue weighted by Crippen LogP contribution is -2.55. The third-order valence-electron chi connectivity index (χ3n) is 6.44. The van der Waals surface area contributed by atoms with Crippen LogP contribution < -0.4 is 10.2 Å². The van der Waals surface area contributed by atoms with Crippen LogP contribution in [0.1, 0.15) is 17.5 Å². The minimum absolute atomic E-state index is 0.0856. The number of halogens is 3. The molecule has 3 aliphatic heterocycles. The fourth-order valence-electron chi connectivity index (χ4n) is 4.91. The van der Waals surface area contributed by atoms with E-state index >= 15 is 0 Å². The van der Waals surface area contributed by atoms with E-state index in [-0.39, 0.29) is 27.4 Å². The first-order valence-electron chi connectivity index (χ1n) is 10.1. The Morgan fingerprint density at radius 1 is 1.24 bits per heavy atom. The zero-order chi connectivity index (χ0) is 23.6. The van der Waals surface area contributed by atoms with E-state index in [0.717, 1.165) is 17.0 Å². The second-order valence-electron chi connectivity index (χ2n) is 8.13. The largest absolute Gasteiger partial charge is 0.341 e. The van der Waals surface area contributed by atoms with Gasteiger partial charge in [-0.15, -0.1) is 0 Å². The fourth-order valence-corrected chi connectivity index (χ4v) is 5.43. The van der Waals surface area contributed by atoms with E-state index in [1.54, 1.807) is 16.7 Å². The lowest BCUT2D eigenvalue weighted by Gasteiger charge is -2.36. The zero-order valence-corrected chi connectivity index (χ0v) is 18.8. The van der Waals surface area contributed by atoms with E-state index < -0.39 is 35.7 Å². The highest BCUT2D eigenvalue weighted by molar-refractivity contribution is 7.80. The van der Waals surface area contributed by atoms with Crippen LogP contribution in [-0.4, -0.2) is 51.5 Å². The maximum absolute atomic E-state index is 14.1. The molecule has 2 bridgehead atoms. The molecule has 1 N–H and O–H groups in total. The van der Waals surface area contributed by atoms with Gasteiger partial charge in [0.25, 0.3) is 5.91 Å². The van der Waals surface area contributed by atoms with Crippen LogP contribution in [0.4, 0.5) is 25.0 Å². The molecule has 3 aliphatic rings. The number of anilines is 2. The molecular weight excluding hydrogens is 472 g/mol. The lowest BCUT2D eigenvalue weighted by molar-refractivity contribution is -0.120. The van der Waals surface area contributed by atoms with Crippen molar-refractivity contribution in [3.8, 4) is 6.07 Å². The summed E-state index contributed by atoms with van der Waals surface area (Å²) in [7, 11) is 0. The molecule has 0 aliphatic carbocycles. The number of piperazine rings is 1. The van der Waals surface area contributed by atoms with Crippen LogP contribution in [0.2, 0.25) is 5.02 Å². The highest BCUT2D eigenvalue weighted by Crippen LogP contribution is 2.44. The van der Waals surface area contributed by atoms with Gasteiger partial charge < -0.3 is 15.1 Å². The number of carbonyl (C=O) groups excluding carboxylic acids is 2. The van der Waals surface area contributed by atoms with Crippen LogP contribution in [-0.2, 0) is 4.79 Å². The monoisotopic (exact) mass is 487 g/mol. The average Bonchev–Trinajstić information content (AvgIpc) is 3.45. The van der Waals surface area contributed by atoms with Crippen molar-refractivity contribution >= 4 is 52.2 Å². The summed E-state index contributed by atoms with van der Waals surface area (Å²) in [6, 6.07) is 6.52. The molecule has 0 aromatic heterocycles. The van der Waals surface area contributed by atoms with Crippen molar-refractivity contribution in [1.82, 2.24) is 9.80 Å². The Morgan fingerprint density at radius 2 is 1.94 bits per heavy atom. The van der Waals surface area contributed by atoms with Crippen molar-refractivity contribution < 1.29 is 18.4 Å². The first kappa shape index (κ1) is 21.6. The summed E-state index contributed by atoms with van der Waals surface area (Å²) in [5, 5.41) is 12.1. The first-order valence-corrected chi connectivity index (χ1v) is 10.9. The molecule has 168 valence electrons. The number of imide groups is 1. The van der Waals surface area contributed by atoms with Crippen molar-refractivity contribution in [3.63, 3.8) is 0 Å². The fraction of sp³-hybridized carbons (Fsp3) is 0.273. The molecule has 0 saturated carbocycles. The van der Waals surface area contributed by atoms with Gasteiger partial charge in [-0.1, -0.05) is 17.7 Å². The number of thiocarbonyl (C=S) groups is 1. The summed E-state index contributed by atoms with van der Waals surface area (Å²) in [6.45, 7) is 1.98. The summed E-state index contributed by atoms with van der Waals surface area (Å²) in [4.78, 5) is 30.9. The standard InChI is InChI=1S/C22H16ClF2N5O2S/c1-10-15(6-5-11(8-26)17(10)23)30-20(31)19-16-7-12(29(19)22(30)32)9-28(16)21(33)27-18-13(24)3-2-4-14(18)25/h2-6,12,16,19H,7,9H2,1H3,(H,27,33)/t12-,16?,19?/m1/s1. The SMILES string of the molecule is Cc1c(N2C(=O)C3C4C[C@H](CN4C(=S)Nc4c(F)cccc4F)N3C2=O)ccc(C#N)c1Cl. The van der Waals surface area contributed by atoms with Crippen LogP contribution in [0.5, 0.6) is 0 Å². The Kier molecular flexibility index (Phi) is 4.99. The van der Waals surface area contributed by atoms with Crippen molar-refractivity contribution in [1.29, 1.82) is 5.26 Å². The lowest BCUT2D eigenvalue weighted by atomic mass is 10.1. The smallest absolute Gasteiger partial charge is 0.332 e. The molecule has 2 unspecified atom stereocenters. The predicted molar refractivity (Wildman–Crippen MR) is 121 cm³/mol. The number of hydrogen-bond donors (Lipinski definition) is 1. The number of rotatable bonds is 2. The number of likely N-dealkylation sites (tertiary alicyclic amines) is 1. The van der Waals surface area contributed by atoms with E-state index in [2.05, 4.69) is 5.32 Å². The Balaban J connectivity index is 1.42. The first-order chi connectivity index (χ1) is 15.7. The molecule has 2 aromatic rings. The quantitative estimate of drug-likeness (QED) is 0.513. The second kappa shape index (κ2) is 7.64. The van der Waals surface area contributed by atoms with Crippen molar-refractivity contribution in [3.05, 3.63) is 58.1 Å². The third-order valence-corrected chi connectivity index (χ3v) is 7.26. The predicted octanol–water partition coefficient (Wildman–Crippen LogP) is 3.79. The molecule has 3 fully saturated rings. The molecule has 3 heterocycles. The van der Waals surface area contributed by atoms with Crippen LogP contribution >= 0.6 is 23.8 Å². The van der Waals surface area contributed by atoms with E-state index in [9.17, 15) is 23.6 Å².